The van der Waals surface area contributed by atoms with E-state index in [0.717, 1.165) is 0 Å². The number of sulfonamides is 1. The van der Waals surface area contributed by atoms with E-state index in [1.807, 2.05) is 0 Å². The van der Waals surface area contributed by atoms with Gasteiger partial charge in [-0.15, -0.1) is 0 Å². The van der Waals surface area contributed by atoms with Crippen molar-refractivity contribution in [2.45, 2.75) is 24.8 Å². The summed E-state index contributed by atoms with van der Waals surface area (Å²) in [5.41, 5.74) is 5.34. The molecule has 0 radical (unpaired) electrons. The molecule has 0 aliphatic carbocycles. The van der Waals surface area contributed by atoms with E-state index in [-0.39, 0.29) is 29.7 Å². The molecule has 0 aliphatic rings. The van der Waals surface area contributed by atoms with Gasteiger partial charge in [0, 0.05) is 18.2 Å². The second-order valence-corrected chi connectivity index (χ2v) is 6.21. The third-order valence-electron chi connectivity index (χ3n) is 2.64. The normalized spacial score (nSPS) is 12.1. The lowest BCUT2D eigenvalue weighted by atomic mass is 10.2. The predicted octanol–water partition coefficient (Wildman–Crippen LogP) is 0.177. The molecule has 0 saturated carbocycles. The molecule has 1 aromatic rings. The Morgan fingerprint density at radius 3 is 2.21 bits per heavy atom. The van der Waals surface area contributed by atoms with Gasteiger partial charge in [0.15, 0.2) is 0 Å². The van der Waals surface area contributed by atoms with Crippen LogP contribution in [0, 0.1) is 0 Å². The Kier molecular flexibility index (Phi) is 5.04. The number of hydrogen-bond donors (Lipinski definition) is 2. The van der Waals surface area contributed by atoms with Crippen molar-refractivity contribution in [2.24, 2.45) is 5.73 Å². The highest BCUT2D eigenvalue weighted by molar-refractivity contribution is 7.89. The second kappa shape index (κ2) is 6.14. The number of primary amides is 1. The van der Waals surface area contributed by atoms with Crippen molar-refractivity contribution in [1.29, 1.82) is 0 Å². The second-order valence-electron chi connectivity index (χ2n) is 4.32. The topological polar surface area (TPSA) is 101 Å². The monoisotopic (exact) mass is 286 g/mol. The average Bonchev–Trinajstić information content (AvgIpc) is 2.35. The number of carbonyl (C=O) groups is 1. The van der Waals surface area contributed by atoms with Gasteiger partial charge in [-0.2, -0.15) is 4.31 Å². The minimum Gasteiger partial charge on any atom is -0.395 e. The number of aliphatic hydroxyl groups is 1. The number of carbonyl (C=O) groups excluding carboxylic acids is 1. The third kappa shape index (κ3) is 3.52. The van der Waals surface area contributed by atoms with Crippen molar-refractivity contribution >= 4 is 15.9 Å². The van der Waals surface area contributed by atoms with Gasteiger partial charge in [0.2, 0.25) is 15.9 Å². The Morgan fingerprint density at radius 1 is 1.32 bits per heavy atom. The van der Waals surface area contributed by atoms with E-state index in [9.17, 15) is 13.2 Å². The van der Waals surface area contributed by atoms with Gasteiger partial charge in [0.05, 0.1) is 11.5 Å². The van der Waals surface area contributed by atoms with Gasteiger partial charge in [-0.25, -0.2) is 8.42 Å². The fourth-order valence-corrected chi connectivity index (χ4v) is 3.31. The Labute approximate surface area is 112 Å². The van der Waals surface area contributed by atoms with E-state index in [4.69, 9.17) is 10.8 Å². The predicted molar refractivity (Wildman–Crippen MR) is 71.1 cm³/mol. The first-order chi connectivity index (χ1) is 8.80. The largest absolute Gasteiger partial charge is 0.395 e. The molecular formula is C12H18N2O4S. The summed E-state index contributed by atoms with van der Waals surface area (Å²) in [6.45, 7) is 3.23. The number of benzene rings is 1. The molecular weight excluding hydrogens is 268 g/mol. The van der Waals surface area contributed by atoms with Crippen LogP contribution in [0.25, 0.3) is 0 Å². The number of hydrogen-bond acceptors (Lipinski definition) is 4. The summed E-state index contributed by atoms with van der Waals surface area (Å²) in [4.78, 5) is 11.0. The zero-order valence-corrected chi connectivity index (χ0v) is 11.7. The minimum atomic E-state index is -3.68. The standard InChI is InChI=1S/C12H18N2O4S/c1-9(2)14(7-8-15)19(17,18)11-5-3-10(4-6-11)12(13)16/h3-6,9,15H,7-8H2,1-2H3,(H2,13,16). The van der Waals surface area contributed by atoms with Gasteiger partial charge in [-0.3, -0.25) is 4.79 Å². The number of aliphatic hydroxyl groups excluding tert-OH is 1. The van der Waals surface area contributed by atoms with Crippen LogP contribution in [-0.2, 0) is 10.0 Å². The molecule has 0 fully saturated rings. The highest BCUT2D eigenvalue weighted by Gasteiger charge is 2.26. The molecule has 1 amide bonds. The zero-order chi connectivity index (χ0) is 14.6. The van der Waals surface area contributed by atoms with Crippen LogP contribution in [-0.4, -0.2) is 42.9 Å². The summed E-state index contributed by atoms with van der Waals surface area (Å²) in [5, 5.41) is 8.95. The molecule has 1 aromatic carbocycles. The maximum absolute atomic E-state index is 12.3. The van der Waals surface area contributed by atoms with E-state index in [2.05, 4.69) is 0 Å². The maximum Gasteiger partial charge on any atom is 0.248 e. The molecule has 0 atom stereocenters. The molecule has 0 saturated heterocycles. The third-order valence-corrected chi connectivity index (χ3v) is 4.73. The van der Waals surface area contributed by atoms with Crippen molar-refractivity contribution in [2.75, 3.05) is 13.2 Å². The molecule has 0 bridgehead atoms. The Hall–Kier alpha value is -1.44. The molecule has 7 heteroatoms. The van der Waals surface area contributed by atoms with Crippen LogP contribution in [0.1, 0.15) is 24.2 Å². The van der Waals surface area contributed by atoms with Crippen LogP contribution in [0.3, 0.4) is 0 Å². The lowest BCUT2D eigenvalue weighted by Gasteiger charge is -2.25. The summed E-state index contributed by atoms with van der Waals surface area (Å²) in [6, 6.07) is 5.14. The lowest BCUT2D eigenvalue weighted by Crippen LogP contribution is -2.38. The van der Waals surface area contributed by atoms with Crippen molar-refractivity contribution in [3.05, 3.63) is 29.8 Å². The molecule has 3 N–H and O–H groups in total. The molecule has 1 rings (SSSR count). The van der Waals surface area contributed by atoms with Crippen molar-refractivity contribution in [1.82, 2.24) is 4.31 Å². The van der Waals surface area contributed by atoms with Crippen LogP contribution in [0.15, 0.2) is 29.2 Å². The SMILES string of the molecule is CC(C)N(CCO)S(=O)(=O)c1ccc(C(N)=O)cc1. The average molecular weight is 286 g/mol. The van der Waals surface area contributed by atoms with Crippen LogP contribution in [0.5, 0.6) is 0 Å². The molecule has 0 unspecified atom stereocenters. The van der Waals surface area contributed by atoms with Gasteiger partial charge in [0.25, 0.3) is 0 Å². The van der Waals surface area contributed by atoms with E-state index in [1.165, 1.54) is 28.6 Å². The first kappa shape index (κ1) is 15.6. The lowest BCUT2D eigenvalue weighted by molar-refractivity contribution is 0.1000. The number of nitrogens with two attached hydrogens (primary N) is 1. The summed E-state index contributed by atoms with van der Waals surface area (Å²) < 4.78 is 25.9. The van der Waals surface area contributed by atoms with Gasteiger partial charge in [0.1, 0.15) is 0 Å². The Balaban J connectivity index is 3.14. The van der Waals surface area contributed by atoms with Crippen LogP contribution < -0.4 is 5.73 Å². The van der Waals surface area contributed by atoms with Gasteiger partial charge < -0.3 is 10.8 Å². The van der Waals surface area contributed by atoms with Crippen LogP contribution >= 0.6 is 0 Å². The highest BCUT2D eigenvalue weighted by atomic mass is 32.2. The van der Waals surface area contributed by atoms with E-state index < -0.39 is 15.9 Å². The molecule has 0 aromatic heterocycles. The quantitative estimate of drug-likeness (QED) is 0.778. The summed E-state index contributed by atoms with van der Waals surface area (Å²) in [5.74, 6) is -0.611. The molecule has 19 heavy (non-hydrogen) atoms. The Morgan fingerprint density at radius 2 is 1.84 bits per heavy atom. The van der Waals surface area contributed by atoms with Gasteiger partial charge >= 0.3 is 0 Å². The first-order valence-electron chi connectivity index (χ1n) is 5.83. The Bertz CT molecular complexity index is 537. The fourth-order valence-electron chi connectivity index (χ4n) is 1.68. The number of rotatable bonds is 6. The van der Waals surface area contributed by atoms with Gasteiger partial charge in [-0.1, -0.05) is 0 Å². The van der Waals surface area contributed by atoms with Crippen LogP contribution in [0.4, 0.5) is 0 Å². The molecule has 0 spiro atoms. The van der Waals surface area contributed by atoms with E-state index >= 15 is 0 Å². The van der Waals surface area contributed by atoms with Crippen molar-refractivity contribution in [3.63, 3.8) is 0 Å². The smallest absolute Gasteiger partial charge is 0.248 e. The summed E-state index contributed by atoms with van der Waals surface area (Å²) >= 11 is 0. The summed E-state index contributed by atoms with van der Waals surface area (Å²) in [6.07, 6.45) is 0. The van der Waals surface area contributed by atoms with Crippen molar-refractivity contribution in [3.8, 4) is 0 Å². The highest BCUT2D eigenvalue weighted by Crippen LogP contribution is 2.18. The van der Waals surface area contributed by atoms with Crippen LogP contribution in [0.2, 0.25) is 0 Å². The minimum absolute atomic E-state index is 0.0254. The van der Waals surface area contributed by atoms with Gasteiger partial charge in [-0.05, 0) is 38.1 Å². The molecule has 0 heterocycles. The number of amides is 1. The zero-order valence-electron chi connectivity index (χ0n) is 10.9. The molecule has 106 valence electrons. The maximum atomic E-state index is 12.3. The number of nitrogens with zero attached hydrogens (tertiary/aromatic N) is 1. The first-order valence-corrected chi connectivity index (χ1v) is 7.27. The fraction of sp³-hybridized carbons (Fsp3) is 0.417. The van der Waals surface area contributed by atoms with Crippen molar-refractivity contribution < 1.29 is 18.3 Å². The summed E-state index contributed by atoms with van der Waals surface area (Å²) in [7, 11) is -3.68. The van der Waals surface area contributed by atoms with E-state index in [0.29, 0.717) is 0 Å². The molecule has 0 aliphatic heterocycles. The molecule has 6 nitrogen and oxygen atoms in total. The van der Waals surface area contributed by atoms with E-state index in [1.54, 1.807) is 13.8 Å².